The molecule has 0 aromatic carbocycles. The molecule has 2 fully saturated rings. The van der Waals surface area contributed by atoms with Gasteiger partial charge in [-0.2, -0.15) is 5.10 Å². The van der Waals surface area contributed by atoms with Gasteiger partial charge in [0.15, 0.2) is 0 Å². The molecule has 4 heteroatoms. The first kappa shape index (κ1) is 11.5. The molecular weight excluding hydrogens is 234 g/mol. The number of nitrogens with zero attached hydrogens (tertiary/aromatic N) is 2. The van der Waals surface area contributed by atoms with Crippen molar-refractivity contribution in [3.63, 3.8) is 0 Å². The molecule has 2 aliphatic carbocycles. The van der Waals surface area contributed by atoms with Gasteiger partial charge in [-0.25, -0.2) is 0 Å². The molecule has 0 amide bonds. The lowest BCUT2D eigenvalue weighted by atomic mass is 10.0. The summed E-state index contributed by atoms with van der Waals surface area (Å²) in [7, 11) is 1.89. The van der Waals surface area contributed by atoms with E-state index in [-0.39, 0.29) is 0 Å². The van der Waals surface area contributed by atoms with Gasteiger partial charge >= 0.3 is 0 Å². The Labute approximate surface area is 108 Å². The van der Waals surface area contributed by atoms with Crippen molar-refractivity contribution in [3.8, 4) is 0 Å². The normalized spacial score (nSPS) is 21.8. The molecule has 1 aromatic rings. The van der Waals surface area contributed by atoms with Gasteiger partial charge in [0.05, 0.1) is 5.69 Å². The van der Waals surface area contributed by atoms with Gasteiger partial charge in [0.2, 0.25) is 0 Å². The topological polar surface area (TPSA) is 29.9 Å². The van der Waals surface area contributed by atoms with Crippen LogP contribution in [0.15, 0.2) is 0 Å². The van der Waals surface area contributed by atoms with E-state index >= 15 is 0 Å². The maximum absolute atomic E-state index is 6.22. The predicted molar refractivity (Wildman–Crippen MR) is 69.1 cm³/mol. The number of hydrogen-bond acceptors (Lipinski definition) is 2. The van der Waals surface area contributed by atoms with Crippen molar-refractivity contribution in [2.24, 2.45) is 18.4 Å². The minimum atomic E-state index is 0.655. The smallest absolute Gasteiger partial charge is 0.131 e. The standard InChI is InChI=1S/C13H20ClN3/c1-9-11(12(14)17(2)16-9)7-15-8-13(5-6-13)10-3-4-10/h10,15H,3-8H2,1-2H3. The average molecular weight is 254 g/mol. The van der Waals surface area contributed by atoms with Gasteiger partial charge in [-0.3, -0.25) is 4.68 Å². The Morgan fingerprint density at radius 3 is 2.65 bits per heavy atom. The molecule has 0 unspecified atom stereocenters. The highest BCUT2D eigenvalue weighted by Crippen LogP contribution is 2.60. The number of hydrogen-bond donors (Lipinski definition) is 1. The molecule has 1 N–H and O–H groups in total. The summed E-state index contributed by atoms with van der Waals surface area (Å²) in [5.74, 6) is 1.01. The Balaban J connectivity index is 1.57. The average Bonchev–Trinajstić information content (AvgIpc) is 3.14. The Kier molecular flexibility index (Phi) is 2.71. The lowest BCUT2D eigenvalue weighted by Gasteiger charge is -2.14. The van der Waals surface area contributed by atoms with Crippen LogP contribution in [0.1, 0.15) is 36.9 Å². The molecule has 0 saturated heterocycles. The van der Waals surface area contributed by atoms with E-state index in [9.17, 15) is 0 Å². The molecule has 1 aromatic heterocycles. The Morgan fingerprint density at radius 2 is 2.18 bits per heavy atom. The summed E-state index contributed by atoms with van der Waals surface area (Å²) in [6, 6.07) is 0. The Hall–Kier alpha value is -0.540. The van der Waals surface area contributed by atoms with Crippen LogP contribution in [0.3, 0.4) is 0 Å². The molecule has 0 atom stereocenters. The van der Waals surface area contributed by atoms with Gasteiger partial charge in [-0.1, -0.05) is 11.6 Å². The van der Waals surface area contributed by atoms with E-state index in [1.807, 2.05) is 14.0 Å². The van der Waals surface area contributed by atoms with Crippen LogP contribution in [-0.4, -0.2) is 16.3 Å². The molecule has 1 heterocycles. The molecule has 94 valence electrons. The van der Waals surface area contributed by atoms with E-state index < -0.39 is 0 Å². The van der Waals surface area contributed by atoms with Crippen molar-refractivity contribution >= 4 is 11.6 Å². The van der Waals surface area contributed by atoms with Crippen LogP contribution < -0.4 is 5.32 Å². The summed E-state index contributed by atoms with van der Waals surface area (Å²) in [6.45, 7) is 4.03. The molecule has 0 spiro atoms. The summed E-state index contributed by atoms with van der Waals surface area (Å²) < 4.78 is 1.75. The molecule has 0 bridgehead atoms. The van der Waals surface area contributed by atoms with E-state index in [0.717, 1.165) is 35.4 Å². The summed E-state index contributed by atoms with van der Waals surface area (Å²) in [5, 5.41) is 8.69. The van der Waals surface area contributed by atoms with Crippen LogP contribution >= 0.6 is 11.6 Å². The minimum Gasteiger partial charge on any atom is -0.312 e. The van der Waals surface area contributed by atoms with E-state index in [2.05, 4.69) is 10.4 Å². The monoisotopic (exact) mass is 253 g/mol. The second-order valence-corrected chi connectivity index (χ2v) is 6.08. The molecule has 2 aliphatic rings. The third kappa shape index (κ3) is 2.11. The SMILES string of the molecule is Cc1nn(C)c(Cl)c1CNCC1(C2CC2)CC1. The van der Waals surface area contributed by atoms with Crippen molar-refractivity contribution in [2.75, 3.05) is 6.54 Å². The van der Waals surface area contributed by atoms with Gasteiger partial charge in [-0.15, -0.1) is 0 Å². The van der Waals surface area contributed by atoms with Crippen LogP contribution in [0.25, 0.3) is 0 Å². The first-order valence-electron chi connectivity index (χ1n) is 6.51. The van der Waals surface area contributed by atoms with Crippen molar-refractivity contribution < 1.29 is 0 Å². The van der Waals surface area contributed by atoms with Gasteiger partial charge in [0, 0.05) is 25.7 Å². The first-order valence-corrected chi connectivity index (χ1v) is 6.89. The number of rotatable bonds is 5. The van der Waals surface area contributed by atoms with Crippen LogP contribution in [0.5, 0.6) is 0 Å². The number of aryl methyl sites for hydroxylation is 2. The number of aromatic nitrogens is 2. The third-order valence-corrected chi connectivity index (χ3v) is 4.86. The van der Waals surface area contributed by atoms with Crippen LogP contribution in [0, 0.1) is 18.3 Å². The van der Waals surface area contributed by atoms with Crippen LogP contribution in [0.4, 0.5) is 0 Å². The maximum atomic E-state index is 6.22. The van der Waals surface area contributed by atoms with Crippen molar-refractivity contribution in [3.05, 3.63) is 16.4 Å². The third-order valence-electron chi connectivity index (χ3n) is 4.38. The minimum absolute atomic E-state index is 0.655. The molecular formula is C13H20ClN3. The summed E-state index contributed by atoms with van der Waals surface area (Å²) >= 11 is 6.22. The highest BCUT2D eigenvalue weighted by atomic mass is 35.5. The molecule has 3 nitrogen and oxygen atoms in total. The Morgan fingerprint density at radius 1 is 1.47 bits per heavy atom. The van der Waals surface area contributed by atoms with Crippen LogP contribution in [0.2, 0.25) is 5.15 Å². The highest BCUT2D eigenvalue weighted by Gasteiger charge is 2.53. The Bertz CT molecular complexity index is 430. The van der Waals surface area contributed by atoms with Gasteiger partial charge in [0.25, 0.3) is 0 Å². The zero-order valence-corrected chi connectivity index (χ0v) is 11.3. The van der Waals surface area contributed by atoms with E-state index in [1.54, 1.807) is 4.68 Å². The molecule has 0 radical (unpaired) electrons. The quantitative estimate of drug-likeness (QED) is 0.875. The fraction of sp³-hybridized carbons (Fsp3) is 0.769. The molecule has 17 heavy (non-hydrogen) atoms. The van der Waals surface area contributed by atoms with E-state index in [4.69, 9.17) is 11.6 Å². The molecule has 0 aliphatic heterocycles. The largest absolute Gasteiger partial charge is 0.312 e. The highest BCUT2D eigenvalue weighted by molar-refractivity contribution is 6.30. The first-order chi connectivity index (χ1) is 8.12. The number of nitrogens with one attached hydrogen (secondary N) is 1. The van der Waals surface area contributed by atoms with E-state index in [1.165, 1.54) is 25.7 Å². The fourth-order valence-electron chi connectivity index (χ4n) is 2.90. The zero-order chi connectivity index (χ0) is 12.0. The second-order valence-electron chi connectivity index (χ2n) is 5.72. The van der Waals surface area contributed by atoms with Gasteiger partial charge in [-0.05, 0) is 43.9 Å². The van der Waals surface area contributed by atoms with Crippen molar-refractivity contribution in [1.82, 2.24) is 15.1 Å². The maximum Gasteiger partial charge on any atom is 0.131 e. The van der Waals surface area contributed by atoms with Gasteiger partial charge < -0.3 is 5.32 Å². The number of halogens is 1. The summed E-state index contributed by atoms with van der Waals surface area (Å²) in [5.41, 5.74) is 2.85. The predicted octanol–water partition coefficient (Wildman–Crippen LogP) is 2.66. The van der Waals surface area contributed by atoms with Crippen molar-refractivity contribution in [1.29, 1.82) is 0 Å². The van der Waals surface area contributed by atoms with E-state index in [0.29, 0.717) is 5.41 Å². The molecule has 3 rings (SSSR count). The zero-order valence-electron chi connectivity index (χ0n) is 10.6. The van der Waals surface area contributed by atoms with Gasteiger partial charge in [0.1, 0.15) is 5.15 Å². The van der Waals surface area contributed by atoms with Crippen molar-refractivity contribution in [2.45, 2.75) is 39.2 Å². The summed E-state index contributed by atoms with van der Waals surface area (Å²) in [6.07, 6.45) is 5.75. The molecule has 2 saturated carbocycles. The lowest BCUT2D eigenvalue weighted by Crippen LogP contribution is -2.25. The second kappa shape index (κ2) is 3.99. The summed E-state index contributed by atoms with van der Waals surface area (Å²) in [4.78, 5) is 0. The fourth-order valence-corrected chi connectivity index (χ4v) is 3.14. The lowest BCUT2D eigenvalue weighted by molar-refractivity contribution is 0.403. The van der Waals surface area contributed by atoms with Crippen LogP contribution in [-0.2, 0) is 13.6 Å².